The molecule has 0 radical (unpaired) electrons. The Morgan fingerprint density at radius 2 is 1.76 bits per heavy atom. The number of Topliss-reactive ketones (excluding diaryl/α,β-unsaturated/α-hetero) is 1. The highest BCUT2D eigenvalue weighted by Gasteiger charge is 2.30. The number of aldehydes is 1. The molecule has 0 aliphatic carbocycles. The molecule has 2 nitrogen and oxygen atoms in total. The van der Waals surface area contributed by atoms with Crippen LogP contribution in [0, 0.1) is 0 Å². The summed E-state index contributed by atoms with van der Waals surface area (Å²) >= 11 is 0. The van der Waals surface area contributed by atoms with Crippen LogP contribution in [0.5, 0.6) is 0 Å². The topological polar surface area (TPSA) is 34.1 Å². The second kappa shape index (κ2) is 5.61. The van der Waals surface area contributed by atoms with E-state index in [0.29, 0.717) is 12.7 Å². The average molecular weight is 244 g/mol. The minimum atomic E-state index is -4.39. The molecule has 0 atom stereocenters. The van der Waals surface area contributed by atoms with E-state index >= 15 is 0 Å². The van der Waals surface area contributed by atoms with E-state index in [2.05, 4.69) is 0 Å². The van der Waals surface area contributed by atoms with Crippen molar-refractivity contribution in [2.24, 2.45) is 0 Å². The zero-order valence-electron chi connectivity index (χ0n) is 8.96. The van der Waals surface area contributed by atoms with Crippen molar-refractivity contribution < 1.29 is 22.8 Å². The van der Waals surface area contributed by atoms with Crippen molar-refractivity contribution in [1.82, 2.24) is 0 Å². The van der Waals surface area contributed by atoms with Crippen molar-refractivity contribution >= 4 is 12.1 Å². The Morgan fingerprint density at radius 1 is 1.18 bits per heavy atom. The normalized spacial score (nSPS) is 11.2. The van der Waals surface area contributed by atoms with Gasteiger partial charge in [0, 0.05) is 18.4 Å². The molecule has 1 aromatic rings. The molecule has 0 bridgehead atoms. The van der Waals surface area contributed by atoms with E-state index in [9.17, 15) is 22.8 Å². The lowest BCUT2D eigenvalue weighted by molar-refractivity contribution is -0.137. The van der Waals surface area contributed by atoms with Crippen LogP contribution in [0.4, 0.5) is 13.2 Å². The summed E-state index contributed by atoms with van der Waals surface area (Å²) in [7, 11) is 0. The maximum atomic E-state index is 12.2. The van der Waals surface area contributed by atoms with Gasteiger partial charge in [0.25, 0.3) is 0 Å². The Kier molecular flexibility index (Phi) is 4.43. The number of alkyl halides is 3. The largest absolute Gasteiger partial charge is 0.416 e. The Morgan fingerprint density at radius 3 is 2.24 bits per heavy atom. The number of carbonyl (C=O) groups is 2. The molecule has 0 saturated heterocycles. The second-order valence-corrected chi connectivity index (χ2v) is 3.56. The lowest BCUT2D eigenvalue weighted by atomic mass is 10.0. The maximum Gasteiger partial charge on any atom is 0.416 e. The predicted octanol–water partition coefficient (Wildman–Crippen LogP) is 3.26. The molecule has 1 rings (SSSR count). The van der Waals surface area contributed by atoms with Crippen LogP contribution in [-0.2, 0) is 11.0 Å². The fourth-order valence-electron chi connectivity index (χ4n) is 1.34. The Balaban J connectivity index is 2.67. The van der Waals surface area contributed by atoms with Crippen LogP contribution in [-0.4, -0.2) is 12.1 Å². The number of hydrogen-bond donors (Lipinski definition) is 0. The van der Waals surface area contributed by atoms with E-state index in [1.807, 2.05) is 0 Å². The summed E-state index contributed by atoms with van der Waals surface area (Å²) in [5.74, 6) is -0.249. The first kappa shape index (κ1) is 13.4. The molecule has 92 valence electrons. The van der Waals surface area contributed by atoms with Gasteiger partial charge in [0.15, 0.2) is 5.78 Å². The summed E-state index contributed by atoms with van der Waals surface area (Å²) in [5.41, 5.74) is -0.536. The average Bonchev–Trinajstić information content (AvgIpc) is 2.28. The number of halogens is 3. The molecular formula is C12H11F3O2. The van der Waals surface area contributed by atoms with Crippen molar-refractivity contribution in [3.63, 3.8) is 0 Å². The molecule has 0 saturated carbocycles. The van der Waals surface area contributed by atoms with Gasteiger partial charge in [-0.3, -0.25) is 4.79 Å². The summed E-state index contributed by atoms with van der Waals surface area (Å²) in [6, 6.07) is 4.08. The van der Waals surface area contributed by atoms with E-state index in [0.717, 1.165) is 24.3 Å². The van der Waals surface area contributed by atoms with E-state index in [-0.39, 0.29) is 24.2 Å². The van der Waals surface area contributed by atoms with Crippen LogP contribution in [0.1, 0.15) is 35.2 Å². The third-order valence-corrected chi connectivity index (χ3v) is 2.26. The van der Waals surface area contributed by atoms with E-state index in [1.165, 1.54) is 0 Å². The van der Waals surface area contributed by atoms with Crippen molar-refractivity contribution in [2.45, 2.75) is 25.4 Å². The molecule has 0 unspecified atom stereocenters. The number of hydrogen-bond acceptors (Lipinski definition) is 2. The molecule has 0 N–H and O–H groups in total. The first-order valence-corrected chi connectivity index (χ1v) is 5.09. The first-order chi connectivity index (χ1) is 7.95. The fourth-order valence-corrected chi connectivity index (χ4v) is 1.34. The van der Waals surface area contributed by atoms with E-state index in [1.54, 1.807) is 0 Å². The highest BCUT2D eigenvalue weighted by molar-refractivity contribution is 5.96. The van der Waals surface area contributed by atoms with Gasteiger partial charge < -0.3 is 4.79 Å². The van der Waals surface area contributed by atoms with Crippen molar-refractivity contribution in [3.8, 4) is 0 Å². The zero-order valence-corrected chi connectivity index (χ0v) is 8.96. The molecule has 0 heterocycles. The monoisotopic (exact) mass is 244 g/mol. The lowest BCUT2D eigenvalue weighted by Gasteiger charge is -2.06. The molecular weight excluding hydrogens is 233 g/mol. The molecule has 0 fully saturated rings. The Bertz CT molecular complexity index is 393. The van der Waals surface area contributed by atoms with Crippen LogP contribution in [0.25, 0.3) is 0 Å². The van der Waals surface area contributed by atoms with Gasteiger partial charge in [-0.25, -0.2) is 0 Å². The van der Waals surface area contributed by atoms with Gasteiger partial charge in [-0.1, -0.05) is 12.1 Å². The Labute approximate surface area is 96.4 Å². The lowest BCUT2D eigenvalue weighted by Crippen LogP contribution is -2.06. The molecule has 1 aromatic carbocycles. The smallest absolute Gasteiger partial charge is 0.303 e. The van der Waals surface area contributed by atoms with Crippen molar-refractivity contribution in [3.05, 3.63) is 35.4 Å². The second-order valence-electron chi connectivity index (χ2n) is 3.56. The highest BCUT2D eigenvalue weighted by atomic mass is 19.4. The van der Waals surface area contributed by atoms with Crippen LogP contribution in [0.15, 0.2) is 24.3 Å². The van der Waals surface area contributed by atoms with Gasteiger partial charge in [-0.05, 0) is 18.6 Å². The third-order valence-electron chi connectivity index (χ3n) is 2.26. The number of carbonyl (C=O) groups excluding carboxylic acids is 2. The van der Waals surface area contributed by atoms with Gasteiger partial charge in [0.2, 0.25) is 0 Å². The summed E-state index contributed by atoms with van der Waals surface area (Å²) in [6.07, 6.45) is -2.81. The number of unbranched alkanes of at least 4 members (excludes halogenated alkanes) is 1. The SMILES string of the molecule is O=CCCCC(=O)c1ccc(C(F)(F)F)cc1. The Hall–Kier alpha value is -1.65. The number of ketones is 1. The summed E-state index contributed by atoms with van der Waals surface area (Å²) in [4.78, 5) is 21.5. The molecule has 17 heavy (non-hydrogen) atoms. The van der Waals surface area contributed by atoms with Crippen molar-refractivity contribution in [2.75, 3.05) is 0 Å². The van der Waals surface area contributed by atoms with Gasteiger partial charge in [-0.15, -0.1) is 0 Å². The zero-order chi connectivity index (χ0) is 12.9. The molecule has 0 aliphatic rings. The first-order valence-electron chi connectivity index (χ1n) is 5.09. The highest BCUT2D eigenvalue weighted by Crippen LogP contribution is 2.29. The van der Waals surface area contributed by atoms with Crippen LogP contribution in [0.3, 0.4) is 0 Å². The van der Waals surface area contributed by atoms with Gasteiger partial charge in [0.1, 0.15) is 6.29 Å². The summed E-state index contributed by atoms with van der Waals surface area (Å²) in [6.45, 7) is 0. The quantitative estimate of drug-likeness (QED) is 0.452. The minimum Gasteiger partial charge on any atom is -0.303 e. The minimum absolute atomic E-state index is 0.171. The summed E-state index contributed by atoms with van der Waals surface area (Å²) in [5, 5.41) is 0. The molecule has 0 aliphatic heterocycles. The summed E-state index contributed by atoms with van der Waals surface area (Å²) < 4.78 is 36.7. The van der Waals surface area contributed by atoms with E-state index in [4.69, 9.17) is 0 Å². The van der Waals surface area contributed by atoms with Gasteiger partial charge >= 0.3 is 6.18 Å². The maximum absolute atomic E-state index is 12.2. The predicted molar refractivity (Wildman–Crippen MR) is 55.7 cm³/mol. The number of benzene rings is 1. The standard InChI is InChI=1S/C12H11F3O2/c13-12(14,15)10-6-4-9(5-7-10)11(17)3-1-2-8-16/h4-8H,1-3H2. The third kappa shape index (κ3) is 4.01. The van der Waals surface area contributed by atoms with Crippen LogP contribution in [0.2, 0.25) is 0 Å². The van der Waals surface area contributed by atoms with Crippen molar-refractivity contribution in [1.29, 1.82) is 0 Å². The molecule has 0 amide bonds. The number of rotatable bonds is 5. The molecule has 0 spiro atoms. The van der Waals surface area contributed by atoms with Gasteiger partial charge in [-0.2, -0.15) is 13.2 Å². The van der Waals surface area contributed by atoms with Gasteiger partial charge in [0.05, 0.1) is 5.56 Å². The van der Waals surface area contributed by atoms with Crippen LogP contribution < -0.4 is 0 Å². The fraction of sp³-hybridized carbons (Fsp3) is 0.333. The van der Waals surface area contributed by atoms with Crippen LogP contribution >= 0.6 is 0 Å². The molecule has 0 aromatic heterocycles. The van der Waals surface area contributed by atoms with E-state index < -0.39 is 11.7 Å². The molecule has 5 heteroatoms.